The molecule has 4 aromatic rings. The number of fused-ring (bicyclic) bond motifs is 1. The van der Waals surface area contributed by atoms with Crippen molar-refractivity contribution in [3.63, 3.8) is 0 Å². The highest BCUT2D eigenvalue weighted by molar-refractivity contribution is 6.31. The molecule has 9 nitrogen and oxygen atoms in total. The van der Waals surface area contributed by atoms with Crippen LogP contribution in [0.1, 0.15) is 51.2 Å². The molecule has 246 valence electrons. The number of nitrogens with two attached hydrogens (primary N) is 2. The van der Waals surface area contributed by atoms with Crippen LogP contribution in [0.25, 0.3) is 28.0 Å². The minimum atomic E-state index is -0.729. The van der Waals surface area contributed by atoms with Gasteiger partial charge in [-0.15, -0.1) is 0 Å². The number of aryl methyl sites for hydroxylation is 1. The predicted molar refractivity (Wildman–Crippen MR) is 184 cm³/mol. The molecule has 2 heterocycles. The molecule has 7 N–H and O–H groups in total. The van der Waals surface area contributed by atoms with Gasteiger partial charge in [0, 0.05) is 36.3 Å². The van der Waals surface area contributed by atoms with E-state index < -0.39 is 18.2 Å². The monoisotopic (exact) mass is 644 g/mol. The van der Waals surface area contributed by atoms with Crippen molar-refractivity contribution in [1.82, 2.24) is 25.2 Å². The van der Waals surface area contributed by atoms with Crippen LogP contribution in [-0.2, 0) is 13.0 Å². The smallest absolute Gasteiger partial charge is 0.354 e. The normalized spacial score (nSPS) is 11.9. The van der Waals surface area contributed by atoms with Gasteiger partial charge in [0.15, 0.2) is 5.82 Å². The van der Waals surface area contributed by atoms with Crippen molar-refractivity contribution < 1.29 is 8.78 Å². The van der Waals surface area contributed by atoms with Gasteiger partial charge in [0.25, 0.3) is 0 Å². The molecule has 4 rings (SSSR count). The summed E-state index contributed by atoms with van der Waals surface area (Å²) in [7, 11) is 3.75. The van der Waals surface area contributed by atoms with Gasteiger partial charge in [-0.2, -0.15) is 4.98 Å². The minimum absolute atomic E-state index is 0.0175. The molecule has 45 heavy (non-hydrogen) atoms. The topological polar surface area (TPSA) is 139 Å². The van der Waals surface area contributed by atoms with Crippen LogP contribution in [0.3, 0.4) is 0 Å². The van der Waals surface area contributed by atoms with Gasteiger partial charge in [-0.05, 0) is 94.7 Å². The summed E-state index contributed by atoms with van der Waals surface area (Å²) in [6.07, 6.45) is 4.89. The molecular formula is C33H47ClF2N8O. The average molecular weight is 645 g/mol. The van der Waals surface area contributed by atoms with E-state index in [1.54, 1.807) is 24.4 Å². The van der Waals surface area contributed by atoms with Crippen molar-refractivity contribution in [2.75, 3.05) is 33.9 Å². The fraction of sp³-hybridized carbons (Fsp3) is 0.424. The van der Waals surface area contributed by atoms with Crippen molar-refractivity contribution in [2.45, 2.75) is 59.0 Å². The van der Waals surface area contributed by atoms with Crippen LogP contribution >= 0.6 is 11.6 Å². The Morgan fingerprint density at radius 2 is 1.82 bits per heavy atom. The van der Waals surface area contributed by atoms with Crippen molar-refractivity contribution in [3.8, 4) is 16.9 Å². The number of nitrogens with one attached hydrogen (secondary N) is 3. The molecule has 0 amide bonds. The highest BCUT2D eigenvalue weighted by Crippen LogP contribution is 2.31. The number of amidine groups is 1. The zero-order valence-corrected chi connectivity index (χ0v) is 27.6. The third kappa shape index (κ3) is 11.7. The minimum Gasteiger partial charge on any atom is -0.385 e. The number of alkyl halides is 1. The lowest BCUT2D eigenvalue weighted by atomic mass is 10.0. The summed E-state index contributed by atoms with van der Waals surface area (Å²) < 4.78 is 28.8. The van der Waals surface area contributed by atoms with E-state index in [0.29, 0.717) is 47.6 Å². The summed E-state index contributed by atoms with van der Waals surface area (Å²) in [6.45, 7) is 7.04. The molecule has 2 aromatic carbocycles. The molecule has 0 fully saturated rings. The van der Waals surface area contributed by atoms with Crippen LogP contribution in [0, 0.1) is 5.82 Å². The Hall–Kier alpha value is -3.64. The molecule has 0 aliphatic carbocycles. The zero-order valence-electron chi connectivity index (χ0n) is 26.9. The molecule has 12 heteroatoms. The first-order valence-corrected chi connectivity index (χ1v) is 15.6. The number of nitrogens with zero attached hydrogens (tertiary/aromatic N) is 3. The van der Waals surface area contributed by atoms with Crippen molar-refractivity contribution >= 4 is 28.5 Å². The van der Waals surface area contributed by atoms with E-state index in [9.17, 15) is 9.18 Å². The first-order chi connectivity index (χ1) is 21.7. The standard InChI is InChI=1S/C29H34ClF2N7O.C2H7N.C2H6/c1-18(33)4-2-5-20-12-23(27(32)24(30)13-20)25-14-21-17-39(29(40)38-28(21)37-25)22-8-6-19(7-9-22)16-35-10-3-11-36-26(34)15-31;1-3-2;1-2/h6-9,12-14,17-18,35H,2-5,10-11,15-16,33H2,1H3,(H2,34,36)(H,37,38,40);3H,1-2H3;1-2H3. The van der Waals surface area contributed by atoms with Crippen LogP contribution < -0.4 is 27.8 Å². The number of H-pyrrole nitrogens is 1. The summed E-state index contributed by atoms with van der Waals surface area (Å²) in [4.78, 5) is 24.0. The quantitative estimate of drug-likeness (QED) is 0.0739. The first-order valence-electron chi connectivity index (χ1n) is 15.3. The first kappa shape index (κ1) is 37.5. The Kier molecular flexibility index (Phi) is 16.4. The molecule has 0 radical (unpaired) electrons. The Labute approximate surface area is 269 Å². The van der Waals surface area contributed by atoms with Crippen LogP contribution in [0.2, 0.25) is 5.02 Å². The largest absolute Gasteiger partial charge is 0.385 e. The summed E-state index contributed by atoms with van der Waals surface area (Å²) in [5, 5.41) is 6.76. The number of benzene rings is 2. The van der Waals surface area contributed by atoms with Crippen LogP contribution in [0.15, 0.2) is 58.4 Å². The third-order valence-corrected chi connectivity index (χ3v) is 6.79. The van der Waals surface area contributed by atoms with E-state index in [1.165, 1.54) is 4.57 Å². The van der Waals surface area contributed by atoms with Gasteiger partial charge in [0.05, 0.1) is 16.4 Å². The summed E-state index contributed by atoms with van der Waals surface area (Å²) in [5.74, 6) is -0.510. The SMILES string of the molecule is CC.CC(N)CCCc1cc(Cl)c(F)c(-c2cc3cn(-c4ccc(CNCCCN=C(N)CF)cc4)c(=O)nc3[nH]2)c1.CNC. The van der Waals surface area contributed by atoms with E-state index in [4.69, 9.17) is 23.1 Å². The second-order valence-electron chi connectivity index (χ2n) is 10.4. The van der Waals surface area contributed by atoms with Gasteiger partial charge in [-0.3, -0.25) is 9.56 Å². The molecule has 2 aromatic heterocycles. The van der Waals surface area contributed by atoms with Gasteiger partial charge >= 0.3 is 5.69 Å². The highest BCUT2D eigenvalue weighted by atomic mass is 35.5. The maximum absolute atomic E-state index is 15.0. The van der Waals surface area contributed by atoms with E-state index >= 15 is 4.39 Å². The molecule has 1 unspecified atom stereocenters. The highest BCUT2D eigenvalue weighted by Gasteiger charge is 2.15. The summed E-state index contributed by atoms with van der Waals surface area (Å²) in [6, 6.07) is 12.8. The maximum atomic E-state index is 15.0. The van der Waals surface area contributed by atoms with Gasteiger partial charge in [0.1, 0.15) is 18.2 Å². The maximum Gasteiger partial charge on any atom is 0.354 e. The number of aliphatic imine (C=N–C) groups is 1. The summed E-state index contributed by atoms with van der Waals surface area (Å²) >= 11 is 6.21. The zero-order chi connectivity index (χ0) is 33.4. The van der Waals surface area contributed by atoms with Crippen molar-refractivity contribution in [3.05, 3.63) is 81.1 Å². The number of aromatic amines is 1. The Morgan fingerprint density at radius 1 is 1.13 bits per heavy atom. The fourth-order valence-electron chi connectivity index (χ4n) is 4.41. The molecule has 0 bridgehead atoms. The lowest BCUT2D eigenvalue weighted by Gasteiger charge is -2.09. The Balaban J connectivity index is 0.00000133. The van der Waals surface area contributed by atoms with Crippen LogP contribution in [0.5, 0.6) is 0 Å². The van der Waals surface area contributed by atoms with Crippen LogP contribution in [0.4, 0.5) is 8.78 Å². The van der Waals surface area contributed by atoms with E-state index in [2.05, 4.69) is 25.6 Å². The van der Waals surface area contributed by atoms with E-state index in [1.807, 2.05) is 59.1 Å². The van der Waals surface area contributed by atoms with Crippen LogP contribution in [-0.4, -0.2) is 60.3 Å². The van der Waals surface area contributed by atoms with Gasteiger partial charge in [-0.1, -0.05) is 37.6 Å². The molecule has 0 saturated carbocycles. The Bertz CT molecular complexity index is 1550. The van der Waals surface area contributed by atoms with Crippen molar-refractivity contribution in [1.29, 1.82) is 0 Å². The van der Waals surface area contributed by atoms with Gasteiger partial charge in [0.2, 0.25) is 0 Å². The predicted octanol–water partition coefficient (Wildman–Crippen LogP) is 5.51. The molecule has 0 saturated heterocycles. The van der Waals surface area contributed by atoms with Gasteiger partial charge in [-0.25, -0.2) is 13.6 Å². The van der Waals surface area contributed by atoms with Gasteiger partial charge < -0.3 is 27.1 Å². The number of aromatic nitrogens is 3. The fourth-order valence-corrected chi connectivity index (χ4v) is 4.66. The second kappa shape index (κ2) is 19.7. The van der Waals surface area contributed by atoms with E-state index in [0.717, 1.165) is 36.8 Å². The molecular weight excluding hydrogens is 598 g/mol. The van der Waals surface area contributed by atoms with Crippen molar-refractivity contribution in [2.24, 2.45) is 16.5 Å². The molecule has 0 spiro atoms. The number of halogens is 3. The number of rotatable bonds is 13. The molecule has 0 aliphatic rings. The average Bonchev–Trinajstić information content (AvgIpc) is 3.44. The lowest BCUT2D eigenvalue weighted by Crippen LogP contribution is -2.20. The molecule has 0 aliphatic heterocycles. The second-order valence-corrected chi connectivity index (χ2v) is 10.8. The molecule has 1 atom stereocenters. The number of hydrogen-bond donors (Lipinski definition) is 5. The number of hydrogen-bond acceptors (Lipinski definition) is 6. The summed E-state index contributed by atoms with van der Waals surface area (Å²) in [5.41, 5.74) is 14.5. The Morgan fingerprint density at radius 3 is 2.47 bits per heavy atom. The third-order valence-electron chi connectivity index (χ3n) is 6.52. The van der Waals surface area contributed by atoms with E-state index in [-0.39, 0.29) is 16.9 Å². The lowest BCUT2D eigenvalue weighted by molar-refractivity contribution is 0.576.